The van der Waals surface area contributed by atoms with E-state index in [2.05, 4.69) is 4.90 Å². The minimum absolute atomic E-state index is 0.173. The molecular formula is C18H29NO3. The molecule has 4 nitrogen and oxygen atoms in total. The monoisotopic (exact) mass is 307 g/mol. The Balaban J connectivity index is 1.84. The summed E-state index contributed by atoms with van der Waals surface area (Å²) < 4.78 is 5.72. The fraction of sp³-hybridized carbons (Fsp3) is 0.667. The summed E-state index contributed by atoms with van der Waals surface area (Å²) in [6.07, 6.45) is 3.23. The van der Waals surface area contributed by atoms with E-state index >= 15 is 0 Å². The van der Waals surface area contributed by atoms with Crippen molar-refractivity contribution in [2.24, 2.45) is 0 Å². The molecule has 2 rings (SSSR count). The predicted molar refractivity (Wildman–Crippen MR) is 88.2 cm³/mol. The number of likely N-dealkylation sites (tertiary alicyclic amines) is 1. The molecule has 0 radical (unpaired) electrons. The van der Waals surface area contributed by atoms with E-state index in [1.165, 1.54) is 0 Å². The number of nitrogens with zero attached hydrogens (tertiary/aromatic N) is 1. The molecule has 3 atom stereocenters. The van der Waals surface area contributed by atoms with Gasteiger partial charge in [-0.2, -0.15) is 0 Å². The maximum atomic E-state index is 10.3. The van der Waals surface area contributed by atoms with E-state index in [0.29, 0.717) is 6.54 Å². The Hall–Kier alpha value is -1.10. The van der Waals surface area contributed by atoms with Gasteiger partial charge in [-0.15, -0.1) is 0 Å². The summed E-state index contributed by atoms with van der Waals surface area (Å²) in [7, 11) is 0. The van der Waals surface area contributed by atoms with Crippen LogP contribution in [0.2, 0.25) is 0 Å². The van der Waals surface area contributed by atoms with E-state index in [4.69, 9.17) is 4.74 Å². The van der Waals surface area contributed by atoms with Crippen molar-refractivity contribution >= 4 is 0 Å². The first kappa shape index (κ1) is 17.3. The van der Waals surface area contributed by atoms with Crippen LogP contribution in [-0.2, 0) is 0 Å². The van der Waals surface area contributed by atoms with Gasteiger partial charge in [-0.3, -0.25) is 4.90 Å². The average molecular weight is 307 g/mol. The summed E-state index contributed by atoms with van der Waals surface area (Å²) in [4.78, 5) is 2.23. The number of β-amino-alcohol motifs (C(OH)–C–C–N with tert-alkyl or cyclic N) is 1. The first-order valence-electron chi connectivity index (χ1n) is 8.40. The minimum atomic E-state index is -0.538. The molecule has 2 N–H and O–H groups in total. The number of aryl methyl sites for hydroxylation is 1. The highest BCUT2D eigenvalue weighted by molar-refractivity contribution is 5.31. The Morgan fingerprint density at radius 2 is 2.05 bits per heavy atom. The molecule has 0 spiro atoms. The number of para-hydroxylation sites is 1. The Bertz CT molecular complexity index is 452. The van der Waals surface area contributed by atoms with Gasteiger partial charge in [0.05, 0.1) is 6.10 Å². The molecule has 0 aliphatic carbocycles. The van der Waals surface area contributed by atoms with E-state index < -0.39 is 6.10 Å². The second kappa shape index (κ2) is 8.51. The number of rotatable bonds is 7. The van der Waals surface area contributed by atoms with Crippen LogP contribution in [0.4, 0.5) is 0 Å². The predicted octanol–water partition coefficient (Wildman–Crippen LogP) is 2.36. The van der Waals surface area contributed by atoms with Crippen LogP contribution in [0, 0.1) is 6.92 Å². The molecular weight excluding hydrogens is 278 g/mol. The SMILES string of the molecule is CCC(O)C1CCCCN1CC(O)COc1ccccc1C. The van der Waals surface area contributed by atoms with Gasteiger partial charge in [0.1, 0.15) is 18.5 Å². The van der Waals surface area contributed by atoms with Crippen LogP contribution in [0.15, 0.2) is 24.3 Å². The van der Waals surface area contributed by atoms with Crippen LogP contribution in [0.5, 0.6) is 5.75 Å². The summed E-state index contributed by atoms with van der Waals surface area (Å²) in [5.41, 5.74) is 1.08. The fourth-order valence-corrected chi connectivity index (χ4v) is 3.18. The normalized spacial score (nSPS) is 22.3. The summed E-state index contributed by atoms with van der Waals surface area (Å²) in [5, 5.41) is 20.4. The van der Waals surface area contributed by atoms with Gasteiger partial charge >= 0.3 is 0 Å². The van der Waals surface area contributed by atoms with Crippen LogP contribution in [-0.4, -0.2) is 53.1 Å². The van der Waals surface area contributed by atoms with Gasteiger partial charge in [0.15, 0.2) is 0 Å². The van der Waals surface area contributed by atoms with Crippen molar-refractivity contribution in [1.29, 1.82) is 0 Å². The summed E-state index contributed by atoms with van der Waals surface area (Å²) in [6.45, 7) is 5.81. The van der Waals surface area contributed by atoms with Crippen molar-refractivity contribution in [1.82, 2.24) is 4.90 Å². The molecule has 1 aromatic carbocycles. The smallest absolute Gasteiger partial charge is 0.122 e. The zero-order chi connectivity index (χ0) is 15.9. The molecule has 3 unspecified atom stereocenters. The molecule has 1 fully saturated rings. The van der Waals surface area contributed by atoms with E-state index in [1.807, 2.05) is 38.1 Å². The van der Waals surface area contributed by atoms with Gasteiger partial charge in [-0.1, -0.05) is 31.5 Å². The van der Waals surface area contributed by atoms with Gasteiger partial charge in [0.2, 0.25) is 0 Å². The molecule has 1 aromatic rings. The molecule has 0 bridgehead atoms. The molecule has 0 aromatic heterocycles. The van der Waals surface area contributed by atoms with Crippen molar-refractivity contribution in [2.75, 3.05) is 19.7 Å². The number of aliphatic hydroxyl groups is 2. The van der Waals surface area contributed by atoms with E-state index in [-0.39, 0.29) is 18.8 Å². The van der Waals surface area contributed by atoms with Gasteiger partial charge in [0, 0.05) is 12.6 Å². The topological polar surface area (TPSA) is 52.9 Å². The number of aliphatic hydroxyl groups excluding tert-OH is 2. The molecule has 0 amide bonds. The largest absolute Gasteiger partial charge is 0.491 e. The van der Waals surface area contributed by atoms with Crippen molar-refractivity contribution in [2.45, 2.75) is 57.8 Å². The lowest BCUT2D eigenvalue weighted by Crippen LogP contribution is -2.50. The summed E-state index contributed by atoms with van der Waals surface area (Å²) in [6, 6.07) is 8.01. The van der Waals surface area contributed by atoms with Gasteiger partial charge in [-0.25, -0.2) is 0 Å². The lowest BCUT2D eigenvalue weighted by atomic mass is 9.95. The highest BCUT2D eigenvalue weighted by Crippen LogP contribution is 2.22. The third-order valence-electron chi connectivity index (χ3n) is 4.50. The molecule has 0 saturated carbocycles. The van der Waals surface area contributed by atoms with Crippen LogP contribution >= 0.6 is 0 Å². The Morgan fingerprint density at radius 1 is 1.27 bits per heavy atom. The summed E-state index contributed by atoms with van der Waals surface area (Å²) >= 11 is 0. The number of benzene rings is 1. The first-order chi connectivity index (χ1) is 10.6. The Labute approximate surface area is 133 Å². The molecule has 4 heteroatoms. The zero-order valence-corrected chi connectivity index (χ0v) is 13.7. The maximum absolute atomic E-state index is 10.3. The van der Waals surface area contributed by atoms with Gasteiger partial charge in [-0.05, 0) is 44.4 Å². The van der Waals surface area contributed by atoms with E-state index in [0.717, 1.165) is 43.5 Å². The third kappa shape index (κ3) is 4.70. The Morgan fingerprint density at radius 3 is 2.77 bits per heavy atom. The molecule has 1 aliphatic rings. The standard InChI is InChI=1S/C18H29NO3/c1-3-17(21)16-9-6-7-11-19(16)12-15(20)13-22-18-10-5-4-8-14(18)2/h4-5,8,10,15-17,20-21H,3,6-7,9,11-13H2,1-2H3. The number of hydrogen-bond acceptors (Lipinski definition) is 4. The number of ether oxygens (including phenoxy) is 1. The second-order valence-corrected chi connectivity index (χ2v) is 6.26. The quantitative estimate of drug-likeness (QED) is 0.812. The number of piperidine rings is 1. The fourth-order valence-electron chi connectivity index (χ4n) is 3.18. The number of hydrogen-bond donors (Lipinski definition) is 2. The lowest BCUT2D eigenvalue weighted by molar-refractivity contribution is -0.0101. The van der Waals surface area contributed by atoms with E-state index in [1.54, 1.807) is 0 Å². The van der Waals surface area contributed by atoms with Crippen LogP contribution in [0.3, 0.4) is 0 Å². The molecule has 1 saturated heterocycles. The van der Waals surface area contributed by atoms with Crippen molar-refractivity contribution < 1.29 is 14.9 Å². The minimum Gasteiger partial charge on any atom is -0.491 e. The van der Waals surface area contributed by atoms with Crippen LogP contribution < -0.4 is 4.74 Å². The average Bonchev–Trinajstić information content (AvgIpc) is 2.54. The maximum Gasteiger partial charge on any atom is 0.122 e. The van der Waals surface area contributed by atoms with Crippen LogP contribution in [0.1, 0.15) is 38.2 Å². The highest BCUT2D eigenvalue weighted by atomic mass is 16.5. The zero-order valence-electron chi connectivity index (χ0n) is 13.7. The van der Waals surface area contributed by atoms with Gasteiger partial charge in [0.25, 0.3) is 0 Å². The molecule has 22 heavy (non-hydrogen) atoms. The summed E-state index contributed by atoms with van der Waals surface area (Å²) in [5.74, 6) is 0.824. The highest BCUT2D eigenvalue weighted by Gasteiger charge is 2.29. The molecule has 1 aliphatic heterocycles. The third-order valence-corrected chi connectivity index (χ3v) is 4.50. The van der Waals surface area contributed by atoms with Crippen molar-refractivity contribution in [3.05, 3.63) is 29.8 Å². The molecule has 124 valence electrons. The molecule has 1 heterocycles. The first-order valence-corrected chi connectivity index (χ1v) is 8.40. The van der Waals surface area contributed by atoms with Crippen molar-refractivity contribution in [3.8, 4) is 5.75 Å². The van der Waals surface area contributed by atoms with Gasteiger partial charge < -0.3 is 14.9 Å². The second-order valence-electron chi connectivity index (χ2n) is 6.26. The van der Waals surface area contributed by atoms with E-state index in [9.17, 15) is 10.2 Å². The van der Waals surface area contributed by atoms with Crippen LogP contribution in [0.25, 0.3) is 0 Å². The Kier molecular flexibility index (Phi) is 6.68. The lowest BCUT2D eigenvalue weighted by Gasteiger charge is -2.39. The van der Waals surface area contributed by atoms with Crippen molar-refractivity contribution in [3.63, 3.8) is 0 Å².